The van der Waals surface area contributed by atoms with Gasteiger partial charge in [-0.05, 0) is 46.1 Å². The number of amides is 1. The number of rotatable bonds is 7. The molecular weight excluding hydrogens is 520 g/mol. The molecule has 0 radical (unpaired) electrons. The van der Waals surface area contributed by atoms with Crippen molar-refractivity contribution in [1.82, 2.24) is 15.0 Å². The number of aryl methyl sites for hydroxylation is 1. The van der Waals surface area contributed by atoms with Crippen molar-refractivity contribution >= 4 is 49.6 Å². The van der Waals surface area contributed by atoms with Gasteiger partial charge >= 0.3 is 0 Å². The van der Waals surface area contributed by atoms with Crippen molar-refractivity contribution < 1.29 is 14.3 Å². The lowest BCUT2D eigenvalue weighted by Gasteiger charge is -2.10. The van der Waals surface area contributed by atoms with Gasteiger partial charge in [-0.2, -0.15) is 5.10 Å². The molecular formula is C24H21BrN4O4S. The average Bonchev–Trinajstić information content (AvgIpc) is 3.17. The Labute approximate surface area is 208 Å². The van der Waals surface area contributed by atoms with Gasteiger partial charge in [-0.3, -0.25) is 14.2 Å². The van der Waals surface area contributed by atoms with Crippen LogP contribution >= 0.6 is 27.3 Å². The van der Waals surface area contributed by atoms with Crippen LogP contribution in [0.3, 0.4) is 0 Å². The maximum Gasteiger partial charge on any atom is 0.263 e. The fraction of sp³-hybridized carbons (Fsp3) is 0.167. The summed E-state index contributed by atoms with van der Waals surface area (Å²) in [5, 5.41) is 4.51. The first-order valence-electron chi connectivity index (χ1n) is 10.2. The number of ether oxygens (including phenoxy) is 2. The molecule has 1 amide bonds. The van der Waals surface area contributed by atoms with Crippen LogP contribution in [0.25, 0.3) is 21.3 Å². The third-order valence-corrected chi connectivity index (χ3v) is 6.69. The summed E-state index contributed by atoms with van der Waals surface area (Å²) in [4.78, 5) is 31.7. The summed E-state index contributed by atoms with van der Waals surface area (Å²) < 4.78 is 12.6. The Morgan fingerprint density at radius 3 is 2.71 bits per heavy atom. The first-order chi connectivity index (χ1) is 16.4. The van der Waals surface area contributed by atoms with Gasteiger partial charge in [0.2, 0.25) is 0 Å². The number of methoxy groups -OCH3 is 2. The van der Waals surface area contributed by atoms with Crippen molar-refractivity contribution in [1.29, 1.82) is 0 Å². The number of benzene rings is 2. The number of thiophene rings is 1. The molecule has 0 saturated heterocycles. The van der Waals surface area contributed by atoms with E-state index in [1.165, 1.54) is 35.6 Å². The topological polar surface area (TPSA) is 94.8 Å². The Morgan fingerprint density at radius 1 is 1.24 bits per heavy atom. The van der Waals surface area contributed by atoms with Gasteiger partial charge < -0.3 is 9.47 Å². The van der Waals surface area contributed by atoms with E-state index in [0.29, 0.717) is 31.8 Å². The van der Waals surface area contributed by atoms with Crippen molar-refractivity contribution in [3.8, 4) is 22.6 Å². The molecule has 8 nitrogen and oxygen atoms in total. The summed E-state index contributed by atoms with van der Waals surface area (Å²) in [5.74, 6) is 0.632. The zero-order chi connectivity index (χ0) is 24.2. The van der Waals surface area contributed by atoms with Crippen LogP contribution in [-0.4, -0.2) is 35.9 Å². The van der Waals surface area contributed by atoms with Crippen molar-refractivity contribution in [3.05, 3.63) is 74.1 Å². The van der Waals surface area contributed by atoms with Crippen LogP contribution in [0.1, 0.15) is 10.4 Å². The van der Waals surface area contributed by atoms with Crippen molar-refractivity contribution in [2.75, 3.05) is 14.2 Å². The highest BCUT2D eigenvalue weighted by Gasteiger charge is 2.17. The summed E-state index contributed by atoms with van der Waals surface area (Å²) >= 11 is 4.88. The molecule has 0 saturated carbocycles. The number of fused-ring (bicyclic) bond motifs is 1. The maximum atomic E-state index is 13.2. The molecule has 34 heavy (non-hydrogen) atoms. The van der Waals surface area contributed by atoms with E-state index < -0.39 is 5.91 Å². The smallest absolute Gasteiger partial charge is 0.263 e. The normalized spacial score (nSPS) is 11.2. The number of halogens is 1. The molecule has 0 bridgehead atoms. The van der Waals surface area contributed by atoms with E-state index in [2.05, 4.69) is 31.4 Å². The van der Waals surface area contributed by atoms with Gasteiger partial charge in [0.25, 0.3) is 11.5 Å². The standard InChI is InChI=1S/C24H21BrN4O4S/c1-14-20(16-7-5-4-6-8-16)21-23(34-14)26-13-29(24(21)31)12-19(30)28-27-11-15-9-17(25)22(33-3)18(10-15)32-2/h4-11,13H,12H2,1-3H3,(H,28,30)/b27-11-. The number of hydrogen-bond donors (Lipinski definition) is 1. The quantitative estimate of drug-likeness (QED) is 0.277. The predicted molar refractivity (Wildman–Crippen MR) is 137 cm³/mol. The average molecular weight is 541 g/mol. The second-order valence-electron chi connectivity index (χ2n) is 7.29. The van der Waals surface area contributed by atoms with Crippen LogP contribution in [0.15, 0.2) is 63.2 Å². The van der Waals surface area contributed by atoms with Gasteiger partial charge in [0.15, 0.2) is 11.5 Å². The Kier molecular flexibility index (Phi) is 7.09. The molecule has 4 aromatic rings. The van der Waals surface area contributed by atoms with Crippen LogP contribution in [-0.2, 0) is 11.3 Å². The minimum atomic E-state index is -0.452. The highest BCUT2D eigenvalue weighted by atomic mass is 79.9. The number of carbonyl (C=O) groups excluding carboxylic acids is 1. The molecule has 2 aromatic heterocycles. The van der Waals surface area contributed by atoms with Gasteiger partial charge in [-0.15, -0.1) is 11.3 Å². The molecule has 0 aliphatic carbocycles. The second-order valence-corrected chi connectivity index (χ2v) is 9.35. The molecule has 2 heterocycles. The Balaban J connectivity index is 1.54. The number of hydrazone groups is 1. The zero-order valence-electron chi connectivity index (χ0n) is 18.7. The monoisotopic (exact) mass is 540 g/mol. The number of aromatic nitrogens is 2. The first kappa shape index (κ1) is 23.7. The summed E-state index contributed by atoms with van der Waals surface area (Å²) in [7, 11) is 3.08. The van der Waals surface area contributed by atoms with E-state index in [0.717, 1.165) is 16.0 Å². The van der Waals surface area contributed by atoms with E-state index in [9.17, 15) is 9.59 Å². The minimum absolute atomic E-state index is 0.210. The molecule has 0 unspecified atom stereocenters. The predicted octanol–water partition coefficient (Wildman–Crippen LogP) is 4.36. The van der Waals surface area contributed by atoms with E-state index in [4.69, 9.17) is 9.47 Å². The van der Waals surface area contributed by atoms with Crippen molar-refractivity contribution in [2.24, 2.45) is 5.10 Å². The molecule has 0 fully saturated rings. The molecule has 2 aromatic carbocycles. The van der Waals surface area contributed by atoms with Gasteiger partial charge in [-0.1, -0.05) is 30.3 Å². The third-order valence-electron chi connectivity index (χ3n) is 5.09. The highest BCUT2D eigenvalue weighted by Crippen LogP contribution is 2.36. The summed E-state index contributed by atoms with van der Waals surface area (Å²) in [6.07, 6.45) is 2.87. The molecule has 0 aliphatic heterocycles. The largest absolute Gasteiger partial charge is 0.493 e. The third kappa shape index (κ3) is 4.73. The number of hydrogen-bond acceptors (Lipinski definition) is 7. The van der Waals surface area contributed by atoms with Gasteiger partial charge in [0.05, 0.1) is 36.6 Å². The minimum Gasteiger partial charge on any atom is -0.493 e. The Hall–Kier alpha value is -3.50. The summed E-state index contributed by atoms with van der Waals surface area (Å²) in [5.41, 5.74) is 4.66. The number of nitrogens with zero attached hydrogens (tertiary/aromatic N) is 3. The van der Waals surface area contributed by atoms with Crippen LogP contribution in [0.4, 0.5) is 0 Å². The highest BCUT2D eigenvalue weighted by molar-refractivity contribution is 9.10. The molecule has 0 spiro atoms. The Morgan fingerprint density at radius 2 is 2.00 bits per heavy atom. The van der Waals surface area contributed by atoms with Gasteiger partial charge in [0.1, 0.15) is 11.4 Å². The lowest BCUT2D eigenvalue weighted by atomic mass is 10.0. The van der Waals surface area contributed by atoms with E-state index in [1.807, 2.05) is 37.3 Å². The molecule has 10 heteroatoms. The Bertz CT molecular complexity index is 1450. The first-order valence-corrected chi connectivity index (χ1v) is 11.8. The number of carbonyl (C=O) groups is 1. The van der Waals surface area contributed by atoms with E-state index in [1.54, 1.807) is 19.2 Å². The molecule has 4 rings (SSSR count). The zero-order valence-corrected chi connectivity index (χ0v) is 21.1. The molecule has 0 atom stereocenters. The van der Waals surface area contributed by atoms with E-state index in [-0.39, 0.29) is 12.1 Å². The number of nitrogens with one attached hydrogen (secondary N) is 1. The van der Waals surface area contributed by atoms with Crippen molar-refractivity contribution in [3.63, 3.8) is 0 Å². The maximum absolute atomic E-state index is 13.2. The molecule has 174 valence electrons. The summed E-state index contributed by atoms with van der Waals surface area (Å²) in [6, 6.07) is 13.2. The van der Waals surface area contributed by atoms with Crippen LogP contribution < -0.4 is 20.5 Å². The van der Waals surface area contributed by atoms with Crippen LogP contribution in [0.5, 0.6) is 11.5 Å². The summed E-state index contributed by atoms with van der Waals surface area (Å²) in [6.45, 7) is 1.75. The van der Waals surface area contributed by atoms with Crippen molar-refractivity contribution in [2.45, 2.75) is 13.5 Å². The fourth-order valence-corrected chi connectivity index (χ4v) is 5.21. The molecule has 0 aliphatic rings. The van der Waals surface area contributed by atoms with E-state index >= 15 is 0 Å². The van der Waals surface area contributed by atoms with Crippen LogP contribution in [0, 0.1) is 6.92 Å². The van der Waals surface area contributed by atoms with Gasteiger partial charge in [-0.25, -0.2) is 10.4 Å². The SMILES string of the molecule is COc1cc(/C=N\NC(=O)Cn2cnc3sc(C)c(-c4ccccc4)c3c2=O)cc(Br)c1OC. The van der Waals surface area contributed by atoms with Gasteiger partial charge in [0, 0.05) is 10.4 Å². The molecule has 1 N–H and O–H groups in total. The van der Waals surface area contributed by atoms with Crippen LogP contribution in [0.2, 0.25) is 0 Å². The lowest BCUT2D eigenvalue weighted by molar-refractivity contribution is -0.121. The second kappa shape index (κ2) is 10.2. The lowest BCUT2D eigenvalue weighted by Crippen LogP contribution is -2.30. The fourth-order valence-electron chi connectivity index (χ4n) is 3.58.